The summed E-state index contributed by atoms with van der Waals surface area (Å²) >= 11 is 6.82. The van der Waals surface area contributed by atoms with Crippen LogP contribution in [0.4, 0.5) is 0 Å². The molecular formula is C21H16Br2N2O2. The summed E-state index contributed by atoms with van der Waals surface area (Å²) in [5.41, 5.74) is 1.64. The lowest BCUT2D eigenvalue weighted by Gasteiger charge is -2.14. The summed E-state index contributed by atoms with van der Waals surface area (Å²) in [5, 5.41) is 12.2. The Kier molecular flexibility index (Phi) is 7.67. The third kappa shape index (κ3) is 5.72. The van der Waals surface area contributed by atoms with E-state index in [1.165, 1.54) is 6.08 Å². The molecule has 4 nitrogen and oxygen atoms in total. The molecule has 0 radical (unpaired) electrons. The van der Waals surface area contributed by atoms with Crippen LogP contribution in [-0.4, -0.2) is 12.5 Å². The van der Waals surface area contributed by atoms with Crippen molar-refractivity contribution in [3.63, 3.8) is 0 Å². The highest BCUT2D eigenvalue weighted by atomic mass is 79.9. The van der Waals surface area contributed by atoms with Gasteiger partial charge < -0.3 is 10.1 Å². The van der Waals surface area contributed by atoms with E-state index in [9.17, 15) is 10.1 Å². The lowest BCUT2D eigenvalue weighted by molar-refractivity contribution is -0.117. The maximum absolute atomic E-state index is 12.5. The normalized spacial score (nSPS) is 11.8. The summed E-state index contributed by atoms with van der Waals surface area (Å²) in [7, 11) is 0. The Balaban J connectivity index is 2.21. The van der Waals surface area contributed by atoms with Crippen molar-refractivity contribution in [2.24, 2.45) is 0 Å². The van der Waals surface area contributed by atoms with Gasteiger partial charge in [-0.2, -0.15) is 5.26 Å². The molecule has 0 saturated heterocycles. The van der Waals surface area contributed by atoms with Gasteiger partial charge in [0.2, 0.25) is 0 Å². The third-order valence-corrected chi connectivity index (χ3v) is 4.82. The molecule has 1 atom stereocenters. The molecule has 0 heterocycles. The van der Waals surface area contributed by atoms with Crippen LogP contribution >= 0.6 is 31.9 Å². The van der Waals surface area contributed by atoms with Gasteiger partial charge in [-0.15, -0.1) is 6.42 Å². The van der Waals surface area contributed by atoms with E-state index in [0.29, 0.717) is 20.3 Å². The molecule has 1 amide bonds. The molecule has 2 aromatic carbocycles. The van der Waals surface area contributed by atoms with Crippen molar-refractivity contribution in [1.82, 2.24) is 5.32 Å². The number of hydrogen-bond donors (Lipinski definition) is 1. The van der Waals surface area contributed by atoms with E-state index in [0.717, 1.165) is 5.56 Å². The van der Waals surface area contributed by atoms with Crippen molar-refractivity contribution in [3.05, 3.63) is 68.1 Å². The standard InChI is InChI=1S/C21H16Br2N2O2/c1-3-9-27-20-18(22)11-15(12-19(20)23)10-17(13-24)21(26)25-14(2)16-7-5-4-6-8-16/h1,4-8,10-12,14H,9H2,2H3,(H,25,26)/b17-10-/t14-/m1/s1. The van der Waals surface area contributed by atoms with Gasteiger partial charge in [0.15, 0.2) is 0 Å². The fraction of sp³-hybridized carbons (Fsp3) is 0.143. The third-order valence-electron chi connectivity index (χ3n) is 3.64. The number of nitrogens with one attached hydrogen (secondary N) is 1. The second-order valence-electron chi connectivity index (χ2n) is 5.58. The Morgan fingerprint density at radius 1 is 1.30 bits per heavy atom. The first kappa shape index (κ1) is 20.8. The van der Waals surface area contributed by atoms with E-state index >= 15 is 0 Å². The number of amides is 1. The van der Waals surface area contributed by atoms with E-state index < -0.39 is 5.91 Å². The molecule has 0 aliphatic rings. The average molecular weight is 488 g/mol. The molecule has 0 spiro atoms. The molecule has 2 aromatic rings. The van der Waals surface area contributed by atoms with Crippen LogP contribution in [0.1, 0.15) is 24.1 Å². The van der Waals surface area contributed by atoms with Crippen LogP contribution in [0.2, 0.25) is 0 Å². The summed E-state index contributed by atoms with van der Waals surface area (Å²) in [6.07, 6.45) is 6.73. The molecule has 136 valence electrons. The Labute approximate surface area is 175 Å². The number of carbonyl (C=O) groups excluding carboxylic acids is 1. The Hall–Kier alpha value is -2.54. The maximum atomic E-state index is 12.5. The second-order valence-corrected chi connectivity index (χ2v) is 7.29. The van der Waals surface area contributed by atoms with Crippen LogP contribution in [0.25, 0.3) is 6.08 Å². The van der Waals surface area contributed by atoms with Gasteiger partial charge in [-0.05, 0) is 68.1 Å². The Morgan fingerprint density at radius 2 is 1.93 bits per heavy atom. The molecule has 0 aromatic heterocycles. The molecule has 0 bridgehead atoms. The molecular weight excluding hydrogens is 472 g/mol. The number of carbonyl (C=O) groups is 1. The molecule has 0 unspecified atom stereocenters. The van der Waals surface area contributed by atoms with Crippen molar-refractivity contribution >= 4 is 43.8 Å². The van der Waals surface area contributed by atoms with Crippen LogP contribution in [-0.2, 0) is 4.79 Å². The lowest BCUT2D eigenvalue weighted by Crippen LogP contribution is -2.27. The summed E-state index contributed by atoms with van der Waals surface area (Å²) in [6, 6.07) is 14.8. The fourth-order valence-electron chi connectivity index (χ4n) is 2.33. The topological polar surface area (TPSA) is 62.1 Å². The number of nitrogens with zero attached hydrogens (tertiary/aromatic N) is 1. The summed E-state index contributed by atoms with van der Waals surface area (Å²) in [6.45, 7) is 2.00. The van der Waals surface area contributed by atoms with Crippen molar-refractivity contribution in [2.45, 2.75) is 13.0 Å². The van der Waals surface area contributed by atoms with Gasteiger partial charge in [0.1, 0.15) is 24.0 Å². The molecule has 6 heteroatoms. The minimum absolute atomic E-state index is 0.00822. The first-order valence-electron chi connectivity index (χ1n) is 7.99. The summed E-state index contributed by atoms with van der Waals surface area (Å²) in [5.74, 6) is 2.53. The predicted molar refractivity (Wildman–Crippen MR) is 113 cm³/mol. The van der Waals surface area contributed by atoms with Crippen molar-refractivity contribution < 1.29 is 9.53 Å². The average Bonchev–Trinajstić information content (AvgIpc) is 2.66. The molecule has 1 N–H and O–H groups in total. The number of hydrogen-bond acceptors (Lipinski definition) is 3. The number of benzene rings is 2. The number of rotatable bonds is 6. The predicted octanol–water partition coefficient (Wildman–Crippen LogP) is 5.01. The highest BCUT2D eigenvalue weighted by Crippen LogP contribution is 2.35. The number of nitriles is 1. The lowest BCUT2D eigenvalue weighted by atomic mass is 10.1. The highest BCUT2D eigenvalue weighted by Gasteiger charge is 2.15. The molecule has 27 heavy (non-hydrogen) atoms. The van der Waals surface area contributed by atoms with Crippen molar-refractivity contribution in [1.29, 1.82) is 5.26 Å². The van der Waals surface area contributed by atoms with E-state index in [1.54, 1.807) is 12.1 Å². The van der Waals surface area contributed by atoms with Crippen LogP contribution in [0.15, 0.2) is 57.0 Å². The van der Waals surface area contributed by atoms with Gasteiger partial charge in [0.05, 0.1) is 15.0 Å². The van der Waals surface area contributed by atoms with Gasteiger partial charge in [0.25, 0.3) is 5.91 Å². The Bertz CT molecular complexity index is 918. The minimum Gasteiger partial charge on any atom is -0.479 e. The van der Waals surface area contributed by atoms with Gasteiger partial charge >= 0.3 is 0 Å². The van der Waals surface area contributed by atoms with Crippen molar-refractivity contribution in [3.8, 4) is 24.2 Å². The Morgan fingerprint density at radius 3 is 2.48 bits per heavy atom. The SMILES string of the molecule is C#CCOc1c(Br)cc(/C=C(/C#N)C(=O)N[C@H](C)c2ccccc2)cc1Br. The van der Waals surface area contributed by atoms with Gasteiger partial charge in [-0.1, -0.05) is 36.3 Å². The van der Waals surface area contributed by atoms with E-state index in [-0.39, 0.29) is 18.2 Å². The first-order chi connectivity index (χ1) is 13.0. The van der Waals surface area contributed by atoms with Crippen LogP contribution < -0.4 is 10.1 Å². The van der Waals surface area contributed by atoms with E-state index in [4.69, 9.17) is 11.2 Å². The van der Waals surface area contributed by atoms with Gasteiger partial charge in [0, 0.05) is 0 Å². The minimum atomic E-state index is -0.436. The number of halogens is 2. The second kappa shape index (κ2) is 9.97. The fourth-order valence-corrected chi connectivity index (χ4v) is 3.78. The zero-order valence-corrected chi connectivity index (χ0v) is 17.7. The largest absolute Gasteiger partial charge is 0.479 e. The summed E-state index contributed by atoms with van der Waals surface area (Å²) in [4.78, 5) is 12.5. The smallest absolute Gasteiger partial charge is 0.262 e. The maximum Gasteiger partial charge on any atom is 0.262 e. The van der Waals surface area contributed by atoms with E-state index in [2.05, 4.69) is 43.1 Å². The molecule has 2 rings (SSSR count). The van der Waals surface area contributed by atoms with Crippen LogP contribution in [0, 0.1) is 23.7 Å². The van der Waals surface area contributed by atoms with Gasteiger partial charge in [-0.3, -0.25) is 4.79 Å². The first-order valence-corrected chi connectivity index (χ1v) is 9.57. The van der Waals surface area contributed by atoms with Crippen LogP contribution in [0.3, 0.4) is 0 Å². The van der Waals surface area contributed by atoms with Gasteiger partial charge in [-0.25, -0.2) is 0 Å². The molecule has 0 fully saturated rings. The molecule has 0 aliphatic carbocycles. The van der Waals surface area contributed by atoms with Crippen LogP contribution in [0.5, 0.6) is 5.75 Å². The summed E-state index contributed by atoms with van der Waals surface area (Å²) < 4.78 is 6.78. The van der Waals surface area contributed by atoms with E-state index in [1.807, 2.05) is 43.3 Å². The quantitative estimate of drug-likeness (QED) is 0.354. The van der Waals surface area contributed by atoms with Crippen molar-refractivity contribution in [2.75, 3.05) is 6.61 Å². The number of terminal acetylenes is 1. The molecule has 0 aliphatic heterocycles. The number of ether oxygens (including phenoxy) is 1. The zero-order valence-electron chi connectivity index (χ0n) is 14.5. The zero-order chi connectivity index (χ0) is 19.8. The molecule has 0 saturated carbocycles. The highest BCUT2D eigenvalue weighted by molar-refractivity contribution is 9.11. The monoisotopic (exact) mass is 486 g/mol.